The van der Waals surface area contributed by atoms with Gasteiger partial charge >= 0.3 is 0 Å². The summed E-state index contributed by atoms with van der Waals surface area (Å²) >= 11 is 6.81. The fourth-order valence-corrected chi connectivity index (χ4v) is 4.26. The summed E-state index contributed by atoms with van der Waals surface area (Å²) in [6.07, 6.45) is 0.728. The third-order valence-corrected chi connectivity index (χ3v) is 5.87. The number of benzene rings is 1. The molecule has 0 saturated carbocycles. The number of hydrogen-bond donors (Lipinski definition) is 4. The van der Waals surface area contributed by atoms with E-state index in [4.69, 9.17) is 21.2 Å². The molecule has 0 spiro atoms. The molecule has 150 valence electrons. The molecule has 28 heavy (non-hydrogen) atoms. The number of nitrogens with one attached hydrogen (secondary N) is 2. The molecule has 0 saturated heterocycles. The Kier molecular flexibility index (Phi) is 5.79. The Morgan fingerprint density at radius 1 is 1.29 bits per heavy atom. The SMILES string of the molecule is CC[C@@H](Nc1nsnc1Nc1ccc(Cl)c(S(N)(=O)=O)c1O)c1ccc(C)o1. The van der Waals surface area contributed by atoms with Crippen LogP contribution < -0.4 is 15.8 Å². The molecule has 0 aliphatic heterocycles. The summed E-state index contributed by atoms with van der Waals surface area (Å²) in [6, 6.07) is 6.35. The normalized spacial score (nSPS) is 12.7. The lowest BCUT2D eigenvalue weighted by Crippen LogP contribution is -2.14. The van der Waals surface area contributed by atoms with Crippen LogP contribution in [-0.4, -0.2) is 22.3 Å². The maximum Gasteiger partial charge on any atom is 0.243 e. The molecule has 0 radical (unpaired) electrons. The monoisotopic (exact) mass is 443 g/mol. The molecule has 3 aromatic rings. The van der Waals surface area contributed by atoms with Crippen LogP contribution in [0.25, 0.3) is 0 Å². The second kappa shape index (κ2) is 7.95. The van der Waals surface area contributed by atoms with Gasteiger partial charge in [-0.15, -0.1) is 0 Å². The quantitative estimate of drug-likeness (QED) is 0.404. The first-order valence-corrected chi connectivity index (χ1v) is 10.8. The first-order chi connectivity index (χ1) is 13.2. The summed E-state index contributed by atoms with van der Waals surface area (Å²) in [5, 5.41) is 21.4. The minimum Gasteiger partial charge on any atom is -0.504 e. The van der Waals surface area contributed by atoms with E-state index < -0.39 is 20.7 Å². The van der Waals surface area contributed by atoms with E-state index in [0.717, 1.165) is 29.7 Å². The number of aromatic nitrogens is 2. The molecule has 0 unspecified atom stereocenters. The fraction of sp³-hybridized carbons (Fsp3) is 0.250. The van der Waals surface area contributed by atoms with E-state index >= 15 is 0 Å². The summed E-state index contributed by atoms with van der Waals surface area (Å²) < 4.78 is 37.4. The van der Waals surface area contributed by atoms with Crippen LogP contribution in [0.5, 0.6) is 5.75 Å². The van der Waals surface area contributed by atoms with Crippen molar-refractivity contribution in [3.63, 3.8) is 0 Å². The average molecular weight is 444 g/mol. The van der Waals surface area contributed by atoms with Crippen LogP contribution in [0.1, 0.15) is 30.9 Å². The van der Waals surface area contributed by atoms with Gasteiger partial charge in [0.1, 0.15) is 16.4 Å². The highest BCUT2D eigenvalue weighted by Gasteiger charge is 2.23. The van der Waals surface area contributed by atoms with Crippen LogP contribution in [0.3, 0.4) is 0 Å². The van der Waals surface area contributed by atoms with Crippen molar-refractivity contribution in [2.24, 2.45) is 5.14 Å². The van der Waals surface area contributed by atoms with Gasteiger partial charge in [0.15, 0.2) is 17.4 Å². The van der Waals surface area contributed by atoms with Gasteiger partial charge in [0.25, 0.3) is 0 Å². The van der Waals surface area contributed by atoms with Gasteiger partial charge in [-0.05, 0) is 37.6 Å². The van der Waals surface area contributed by atoms with E-state index in [1.807, 2.05) is 26.0 Å². The molecule has 3 rings (SSSR count). The van der Waals surface area contributed by atoms with Gasteiger partial charge in [0.05, 0.1) is 28.5 Å². The highest BCUT2D eigenvalue weighted by molar-refractivity contribution is 7.89. The van der Waals surface area contributed by atoms with Crippen molar-refractivity contribution in [3.05, 3.63) is 40.8 Å². The van der Waals surface area contributed by atoms with Gasteiger partial charge in [-0.25, -0.2) is 13.6 Å². The van der Waals surface area contributed by atoms with E-state index in [-0.39, 0.29) is 16.8 Å². The molecular weight excluding hydrogens is 426 g/mol. The van der Waals surface area contributed by atoms with Crippen LogP contribution in [-0.2, 0) is 10.0 Å². The number of hydrogen-bond acceptors (Lipinski definition) is 9. The number of phenolic OH excluding ortho intramolecular Hbond substituents is 1. The molecule has 0 fully saturated rings. The van der Waals surface area contributed by atoms with Crippen molar-refractivity contribution in [1.82, 2.24) is 8.75 Å². The van der Waals surface area contributed by atoms with Crippen molar-refractivity contribution in [2.75, 3.05) is 10.6 Å². The number of furan rings is 1. The first-order valence-electron chi connectivity index (χ1n) is 8.17. The van der Waals surface area contributed by atoms with Crippen LogP contribution >= 0.6 is 23.3 Å². The number of sulfonamides is 1. The molecule has 1 aromatic carbocycles. The number of nitrogens with zero attached hydrogens (tertiary/aromatic N) is 2. The van der Waals surface area contributed by atoms with Gasteiger partial charge in [-0.3, -0.25) is 0 Å². The number of nitrogens with two attached hydrogens (primary N) is 1. The highest BCUT2D eigenvalue weighted by atomic mass is 35.5. The highest BCUT2D eigenvalue weighted by Crippen LogP contribution is 2.38. The smallest absolute Gasteiger partial charge is 0.243 e. The number of primary sulfonamides is 1. The molecule has 0 aliphatic carbocycles. The van der Waals surface area contributed by atoms with Gasteiger partial charge < -0.3 is 20.2 Å². The third-order valence-electron chi connectivity index (χ3n) is 3.93. The van der Waals surface area contributed by atoms with Crippen molar-refractivity contribution in [1.29, 1.82) is 0 Å². The zero-order valence-corrected chi connectivity index (χ0v) is 17.3. The average Bonchev–Trinajstić information content (AvgIpc) is 3.23. The number of aromatic hydroxyl groups is 1. The fourth-order valence-electron chi connectivity index (χ4n) is 2.59. The van der Waals surface area contributed by atoms with Crippen molar-refractivity contribution in [2.45, 2.75) is 31.2 Å². The Labute approximate surface area is 170 Å². The lowest BCUT2D eigenvalue weighted by atomic mass is 10.2. The van der Waals surface area contributed by atoms with Gasteiger partial charge in [-0.2, -0.15) is 8.75 Å². The van der Waals surface area contributed by atoms with E-state index in [1.165, 1.54) is 12.1 Å². The molecule has 2 aromatic heterocycles. The van der Waals surface area contributed by atoms with E-state index in [9.17, 15) is 13.5 Å². The molecule has 0 aliphatic rings. The zero-order chi connectivity index (χ0) is 20.5. The van der Waals surface area contributed by atoms with Crippen molar-refractivity contribution in [3.8, 4) is 5.75 Å². The summed E-state index contributed by atoms with van der Waals surface area (Å²) in [5.74, 6) is 1.70. The minimum atomic E-state index is -4.22. The van der Waals surface area contributed by atoms with Crippen molar-refractivity contribution >= 4 is 50.7 Å². The van der Waals surface area contributed by atoms with Gasteiger partial charge in [0, 0.05) is 0 Å². The topological polar surface area (TPSA) is 143 Å². The predicted octanol–water partition coefficient (Wildman–Crippen LogP) is 3.75. The largest absolute Gasteiger partial charge is 0.504 e. The van der Waals surface area contributed by atoms with Crippen LogP contribution in [0.15, 0.2) is 33.6 Å². The molecule has 12 heteroatoms. The maximum atomic E-state index is 11.7. The lowest BCUT2D eigenvalue weighted by molar-refractivity contribution is 0.452. The number of halogens is 1. The van der Waals surface area contributed by atoms with Crippen molar-refractivity contribution < 1.29 is 17.9 Å². The Morgan fingerprint density at radius 3 is 2.61 bits per heavy atom. The van der Waals surface area contributed by atoms with Gasteiger partial charge in [-0.1, -0.05) is 18.5 Å². The number of rotatable bonds is 7. The maximum absolute atomic E-state index is 11.7. The Morgan fingerprint density at radius 2 is 2.00 bits per heavy atom. The third kappa shape index (κ3) is 4.22. The second-order valence-corrected chi connectivity index (χ2v) is 8.39. The zero-order valence-electron chi connectivity index (χ0n) is 14.9. The summed E-state index contributed by atoms with van der Waals surface area (Å²) in [4.78, 5) is -0.561. The molecular formula is C16H18ClN5O4S2. The first kappa shape index (κ1) is 20.4. The molecule has 9 nitrogen and oxygen atoms in total. The second-order valence-electron chi connectivity index (χ2n) is 5.96. The summed E-state index contributed by atoms with van der Waals surface area (Å²) in [5.41, 5.74) is 0.0751. The number of anilines is 3. The number of phenols is 1. The minimum absolute atomic E-state index is 0.0751. The van der Waals surface area contributed by atoms with Crippen LogP contribution in [0.4, 0.5) is 17.3 Å². The predicted molar refractivity (Wildman–Crippen MR) is 108 cm³/mol. The molecule has 0 amide bonds. The van der Waals surface area contributed by atoms with Crippen LogP contribution in [0, 0.1) is 6.92 Å². The number of aryl methyl sites for hydroxylation is 1. The summed E-state index contributed by atoms with van der Waals surface area (Å²) in [6.45, 7) is 3.85. The summed E-state index contributed by atoms with van der Waals surface area (Å²) in [7, 11) is -4.22. The molecule has 5 N–H and O–H groups in total. The van der Waals surface area contributed by atoms with E-state index in [1.54, 1.807) is 0 Å². The van der Waals surface area contributed by atoms with Gasteiger partial charge in [0.2, 0.25) is 10.0 Å². The Balaban J connectivity index is 1.89. The lowest BCUT2D eigenvalue weighted by Gasteiger charge is -2.16. The Bertz CT molecular complexity index is 1100. The molecule has 1 atom stereocenters. The molecule has 2 heterocycles. The van der Waals surface area contributed by atoms with E-state index in [2.05, 4.69) is 19.4 Å². The molecule has 0 bridgehead atoms. The van der Waals surface area contributed by atoms with E-state index in [0.29, 0.717) is 11.6 Å². The Hall–Kier alpha value is -2.34. The standard InChI is InChI=1S/C16H18ClN5O4S2/c1-3-10(12-7-4-8(2)26-12)19-15-16(22-27-21-15)20-11-6-5-9(17)14(13(11)23)28(18,24)25/h4-7,10,23H,3H2,1-2H3,(H,19,21)(H,20,22)(H2,18,24,25)/t10-/m1/s1. The van der Waals surface area contributed by atoms with Crippen LogP contribution in [0.2, 0.25) is 5.02 Å².